The number of thiazole rings is 1. The van der Waals surface area contributed by atoms with Crippen molar-refractivity contribution < 1.29 is 27.8 Å². The number of carbonyl (C=O) groups excluding carboxylic acids is 2. The van der Waals surface area contributed by atoms with Gasteiger partial charge in [-0.05, 0) is 17.7 Å². The van der Waals surface area contributed by atoms with Gasteiger partial charge >= 0.3 is 6.61 Å². The molecule has 8 nitrogen and oxygen atoms in total. The summed E-state index contributed by atoms with van der Waals surface area (Å²) in [5.41, 5.74) is 5.41. The van der Waals surface area contributed by atoms with Crippen molar-refractivity contribution in [1.29, 1.82) is 0 Å². The van der Waals surface area contributed by atoms with Crippen molar-refractivity contribution in [3.8, 4) is 5.75 Å². The molecule has 11 heteroatoms. The fraction of sp³-hybridized carbons (Fsp3) is 0.353. The standard InChI is InChI=1S/C17H18F2N4O4S/c18-16(19)27-12-3-1-11(2-4-12)9-14(24)21-22-15(25)13-10-28-17(20-13)23-5-7-26-8-6-23/h1-4,10,16H,5-9H2,(H,21,24)(H,22,25). The quantitative estimate of drug-likeness (QED) is 0.700. The molecule has 2 heterocycles. The van der Waals surface area contributed by atoms with Crippen LogP contribution in [0.3, 0.4) is 0 Å². The Balaban J connectivity index is 1.46. The highest BCUT2D eigenvalue weighted by molar-refractivity contribution is 7.13. The molecular weight excluding hydrogens is 394 g/mol. The number of hydrogen-bond acceptors (Lipinski definition) is 7. The van der Waals surface area contributed by atoms with E-state index < -0.39 is 18.4 Å². The van der Waals surface area contributed by atoms with Crippen LogP contribution in [0.25, 0.3) is 0 Å². The Morgan fingerprint density at radius 2 is 1.93 bits per heavy atom. The van der Waals surface area contributed by atoms with E-state index in [-0.39, 0.29) is 17.9 Å². The topological polar surface area (TPSA) is 92.8 Å². The molecule has 150 valence electrons. The third kappa shape index (κ3) is 5.60. The molecule has 2 aromatic rings. The van der Waals surface area contributed by atoms with Gasteiger partial charge in [0.25, 0.3) is 5.91 Å². The lowest BCUT2D eigenvalue weighted by Gasteiger charge is -2.25. The highest BCUT2D eigenvalue weighted by Crippen LogP contribution is 2.21. The van der Waals surface area contributed by atoms with E-state index in [1.165, 1.54) is 35.6 Å². The molecule has 0 bridgehead atoms. The summed E-state index contributed by atoms with van der Waals surface area (Å²) >= 11 is 1.35. The molecule has 1 aromatic heterocycles. The van der Waals surface area contributed by atoms with E-state index in [4.69, 9.17) is 4.74 Å². The van der Waals surface area contributed by atoms with Gasteiger partial charge in [0.05, 0.1) is 19.6 Å². The van der Waals surface area contributed by atoms with E-state index in [9.17, 15) is 18.4 Å². The number of benzene rings is 1. The maximum Gasteiger partial charge on any atom is 0.387 e. The van der Waals surface area contributed by atoms with Crippen molar-refractivity contribution in [3.63, 3.8) is 0 Å². The molecule has 1 aromatic carbocycles. The van der Waals surface area contributed by atoms with Crippen LogP contribution in [0, 0.1) is 0 Å². The summed E-state index contributed by atoms with van der Waals surface area (Å²) in [6.45, 7) is -0.239. The Hall–Kier alpha value is -2.79. The molecule has 28 heavy (non-hydrogen) atoms. The molecule has 0 aliphatic carbocycles. The molecule has 1 fully saturated rings. The number of anilines is 1. The summed E-state index contributed by atoms with van der Waals surface area (Å²) in [4.78, 5) is 30.4. The van der Waals surface area contributed by atoms with E-state index in [0.29, 0.717) is 31.9 Å². The molecule has 0 radical (unpaired) electrons. The van der Waals surface area contributed by atoms with Crippen LogP contribution in [0.1, 0.15) is 16.1 Å². The van der Waals surface area contributed by atoms with Gasteiger partial charge in [0.15, 0.2) is 5.13 Å². The largest absolute Gasteiger partial charge is 0.435 e. The Labute approximate surface area is 163 Å². The lowest BCUT2D eigenvalue weighted by atomic mass is 10.1. The van der Waals surface area contributed by atoms with E-state index in [1.54, 1.807) is 5.38 Å². The van der Waals surface area contributed by atoms with E-state index >= 15 is 0 Å². The molecular formula is C17H18F2N4O4S. The second-order valence-electron chi connectivity index (χ2n) is 5.82. The minimum atomic E-state index is -2.90. The van der Waals surface area contributed by atoms with Crippen LogP contribution in [0.5, 0.6) is 5.75 Å². The summed E-state index contributed by atoms with van der Waals surface area (Å²) in [6, 6.07) is 5.67. The van der Waals surface area contributed by atoms with E-state index in [0.717, 1.165) is 5.13 Å². The van der Waals surface area contributed by atoms with Crippen molar-refractivity contribution in [2.24, 2.45) is 0 Å². The fourth-order valence-corrected chi connectivity index (χ4v) is 3.34. The Kier molecular flexibility index (Phi) is 6.71. The number of carbonyl (C=O) groups is 2. The number of aromatic nitrogens is 1. The van der Waals surface area contributed by atoms with Crippen LogP contribution in [-0.4, -0.2) is 49.7 Å². The number of halogens is 2. The predicted molar refractivity (Wildman–Crippen MR) is 97.5 cm³/mol. The summed E-state index contributed by atoms with van der Waals surface area (Å²) in [6.07, 6.45) is -0.0364. The van der Waals surface area contributed by atoms with Gasteiger partial charge in [-0.1, -0.05) is 12.1 Å². The van der Waals surface area contributed by atoms with Crippen LogP contribution in [0.4, 0.5) is 13.9 Å². The molecule has 0 saturated carbocycles. The average molecular weight is 412 g/mol. The third-order valence-corrected chi connectivity index (χ3v) is 4.74. The number of nitrogens with one attached hydrogen (secondary N) is 2. The van der Waals surface area contributed by atoms with Crippen LogP contribution < -0.4 is 20.5 Å². The maximum absolute atomic E-state index is 12.1. The minimum Gasteiger partial charge on any atom is -0.435 e. The maximum atomic E-state index is 12.1. The lowest BCUT2D eigenvalue weighted by molar-refractivity contribution is -0.121. The molecule has 3 rings (SSSR count). The van der Waals surface area contributed by atoms with Crippen molar-refractivity contribution in [3.05, 3.63) is 40.9 Å². The van der Waals surface area contributed by atoms with Gasteiger partial charge in [-0.3, -0.25) is 20.4 Å². The monoisotopic (exact) mass is 412 g/mol. The highest BCUT2D eigenvalue weighted by atomic mass is 32.1. The van der Waals surface area contributed by atoms with Crippen LogP contribution >= 0.6 is 11.3 Å². The minimum absolute atomic E-state index is 0.00654. The van der Waals surface area contributed by atoms with Crippen LogP contribution in [-0.2, 0) is 16.0 Å². The van der Waals surface area contributed by atoms with Gasteiger partial charge in [0.1, 0.15) is 11.4 Å². The van der Waals surface area contributed by atoms with E-state index in [2.05, 4.69) is 20.6 Å². The zero-order valence-electron chi connectivity index (χ0n) is 14.7. The molecule has 2 amide bonds. The number of alkyl halides is 2. The van der Waals surface area contributed by atoms with E-state index in [1.807, 2.05) is 4.90 Å². The first-order chi connectivity index (χ1) is 13.5. The summed E-state index contributed by atoms with van der Waals surface area (Å²) < 4.78 is 33.8. The zero-order chi connectivity index (χ0) is 19.9. The number of morpholine rings is 1. The Morgan fingerprint density at radius 1 is 1.21 bits per heavy atom. The molecule has 0 spiro atoms. The number of hydrazine groups is 1. The molecule has 2 N–H and O–H groups in total. The normalized spacial score (nSPS) is 14.0. The zero-order valence-corrected chi connectivity index (χ0v) is 15.5. The first-order valence-electron chi connectivity index (χ1n) is 8.42. The van der Waals surface area contributed by atoms with Crippen LogP contribution in [0.2, 0.25) is 0 Å². The van der Waals surface area contributed by atoms with Crippen molar-refractivity contribution >= 4 is 28.3 Å². The van der Waals surface area contributed by atoms with Crippen molar-refractivity contribution in [2.75, 3.05) is 31.2 Å². The average Bonchev–Trinajstić information content (AvgIpc) is 3.18. The van der Waals surface area contributed by atoms with Crippen LogP contribution in [0.15, 0.2) is 29.6 Å². The second-order valence-corrected chi connectivity index (χ2v) is 6.65. The number of amides is 2. The Morgan fingerprint density at radius 3 is 2.61 bits per heavy atom. The second kappa shape index (κ2) is 9.42. The third-order valence-electron chi connectivity index (χ3n) is 3.83. The number of ether oxygens (including phenoxy) is 2. The first-order valence-corrected chi connectivity index (χ1v) is 9.30. The van der Waals surface area contributed by atoms with Gasteiger partial charge in [-0.15, -0.1) is 11.3 Å². The molecule has 1 saturated heterocycles. The molecule has 0 unspecified atom stereocenters. The number of nitrogens with zero attached hydrogens (tertiary/aromatic N) is 2. The number of hydrogen-bond donors (Lipinski definition) is 2. The van der Waals surface area contributed by atoms with Crippen molar-refractivity contribution in [2.45, 2.75) is 13.0 Å². The first kappa shape index (κ1) is 20.0. The predicted octanol–water partition coefficient (Wildman–Crippen LogP) is 1.58. The highest BCUT2D eigenvalue weighted by Gasteiger charge is 2.17. The number of rotatable bonds is 6. The Bertz CT molecular complexity index is 810. The molecule has 1 aliphatic rings. The van der Waals surface area contributed by atoms with Gasteiger partial charge < -0.3 is 14.4 Å². The summed E-state index contributed by atoms with van der Waals surface area (Å²) in [7, 11) is 0. The SMILES string of the molecule is O=C(Cc1ccc(OC(F)F)cc1)NNC(=O)c1csc(N2CCOCC2)n1. The van der Waals surface area contributed by atoms with Crippen molar-refractivity contribution in [1.82, 2.24) is 15.8 Å². The molecule has 1 aliphatic heterocycles. The van der Waals surface area contributed by atoms with Gasteiger partial charge in [0, 0.05) is 18.5 Å². The fourth-order valence-electron chi connectivity index (χ4n) is 2.48. The van der Waals surface area contributed by atoms with Gasteiger partial charge in [-0.2, -0.15) is 8.78 Å². The van der Waals surface area contributed by atoms with Gasteiger partial charge in [0.2, 0.25) is 5.91 Å². The smallest absolute Gasteiger partial charge is 0.387 e. The summed E-state index contributed by atoms with van der Waals surface area (Å²) in [5, 5.41) is 2.35. The van der Waals surface area contributed by atoms with Gasteiger partial charge in [-0.25, -0.2) is 4.98 Å². The summed E-state index contributed by atoms with van der Waals surface area (Å²) in [5.74, 6) is -0.976. The lowest BCUT2D eigenvalue weighted by Crippen LogP contribution is -2.42. The molecule has 0 atom stereocenters.